The Morgan fingerprint density at radius 2 is 1.44 bits per heavy atom. The first-order chi connectivity index (χ1) is 15.5. The number of para-hydroxylation sites is 2. The van der Waals surface area contributed by atoms with Crippen molar-refractivity contribution in [2.24, 2.45) is 0 Å². The third-order valence-electron chi connectivity index (χ3n) is 6.50. The normalized spacial score (nSPS) is 14.6. The van der Waals surface area contributed by atoms with Crippen LogP contribution in [0.2, 0.25) is 0 Å². The van der Waals surface area contributed by atoms with Gasteiger partial charge in [0.05, 0.1) is 11.0 Å². The fourth-order valence-corrected chi connectivity index (χ4v) is 4.77. The second-order valence-electron chi connectivity index (χ2n) is 9.16. The molecule has 1 aliphatic rings. The lowest BCUT2D eigenvalue weighted by Crippen LogP contribution is -2.26. The number of hydrogen-bond donors (Lipinski definition) is 1. The SMILES string of the molecule is CCc1ccc(CC)c2nc(N3CC(C)(C)c4ccccc43)c(Nc3ccccc3)nc12. The van der Waals surface area contributed by atoms with Crippen molar-refractivity contribution >= 4 is 34.0 Å². The van der Waals surface area contributed by atoms with Crippen LogP contribution in [0.15, 0.2) is 66.7 Å². The Kier molecular flexibility index (Phi) is 5.09. The fourth-order valence-electron chi connectivity index (χ4n) is 4.77. The minimum Gasteiger partial charge on any atom is -0.337 e. The second-order valence-corrected chi connectivity index (χ2v) is 9.16. The highest BCUT2D eigenvalue weighted by molar-refractivity contribution is 5.89. The zero-order valence-electron chi connectivity index (χ0n) is 19.3. The van der Waals surface area contributed by atoms with E-state index in [0.29, 0.717) is 0 Å². The summed E-state index contributed by atoms with van der Waals surface area (Å²) in [5, 5.41) is 3.57. The van der Waals surface area contributed by atoms with Crippen LogP contribution in [0.5, 0.6) is 0 Å². The van der Waals surface area contributed by atoms with Gasteiger partial charge in [0.1, 0.15) is 0 Å². The van der Waals surface area contributed by atoms with Gasteiger partial charge < -0.3 is 10.2 Å². The molecular weight excluding hydrogens is 392 g/mol. The van der Waals surface area contributed by atoms with Crippen molar-refractivity contribution < 1.29 is 0 Å². The molecular formula is C28H30N4. The molecule has 0 aliphatic carbocycles. The molecule has 1 aromatic heterocycles. The summed E-state index contributed by atoms with van der Waals surface area (Å²) in [7, 11) is 0. The quantitative estimate of drug-likeness (QED) is 0.379. The summed E-state index contributed by atoms with van der Waals surface area (Å²) in [6, 6.07) is 23.3. The molecule has 5 rings (SSSR count). The van der Waals surface area contributed by atoms with E-state index in [1.807, 2.05) is 18.2 Å². The van der Waals surface area contributed by atoms with Crippen LogP contribution in [0.3, 0.4) is 0 Å². The molecule has 4 aromatic rings. The maximum Gasteiger partial charge on any atom is 0.177 e. The molecule has 0 amide bonds. The van der Waals surface area contributed by atoms with E-state index in [1.54, 1.807) is 0 Å². The smallest absolute Gasteiger partial charge is 0.177 e. The second kappa shape index (κ2) is 7.94. The predicted molar refractivity (Wildman–Crippen MR) is 134 cm³/mol. The summed E-state index contributed by atoms with van der Waals surface area (Å²) in [4.78, 5) is 12.8. The standard InChI is InChI=1S/C28H30N4/c1-5-19-16-17-20(6-2)25-24(19)30-26(29-21-12-8-7-9-13-21)27(31-25)32-18-28(3,4)22-14-10-11-15-23(22)32/h7-17H,5-6,18H2,1-4H3,(H,29,30). The first-order valence-electron chi connectivity index (χ1n) is 11.5. The van der Waals surface area contributed by atoms with Crippen molar-refractivity contribution in [3.8, 4) is 0 Å². The van der Waals surface area contributed by atoms with E-state index < -0.39 is 0 Å². The van der Waals surface area contributed by atoms with Crippen molar-refractivity contribution in [3.05, 3.63) is 83.4 Å². The highest BCUT2D eigenvalue weighted by Gasteiger charge is 2.37. The molecule has 2 heterocycles. The number of benzene rings is 3. The molecule has 1 aliphatic heterocycles. The van der Waals surface area contributed by atoms with Crippen LogP contribution < -0.4 is 10.2 Å². The van der Waals surface area contributed by atoms with Gasteiger partial charge in [0.2, 0.25) is 0 Å². The van der Waals surface area contributed by atoms with Crippen LogP contribution in [-0.2, 0) is 18.3 Å². The summed E-state index contributed by atoms with van der Waals surface area (Å²) in [5.41, 5.74) is 8.11. The molecule has 0 radical (unpaired) electrons. The van der Waals surface area contributed by atoms with Gasteiger partial charge in [0, 0.05) is 23.3 Å². The zero-order valence-corrected chi connectivity index (χ0v) is 19.3. The third kappa shape index (κ3) is 3.40. The van der Waals surface area contributed by atoms with Gasteiger partial charge in [-0.2, -0.15) is 0 Å². The maximum absolute atomic E-state index is 5.30. The summed E-state index contributed by atoms with van der Waals surface area (Å²) >= 11 is 0. The minimum absolute atomic E-state index is 0.0378. The Morgan fingerprint density at radius 1 is 0.812 bits per heavy atom. The number of rotatable bonds is 5. The first-order valence-corrected chi connectivity index (χ1v) is 11.5. The predicted octanol–water partition coefficient (Wildman–Crippen LogP) is 6.93. The van der Waals surface area contributed by atoms with Gasteiger partial charge in [-0.3, -0.25) is 0 Å². The minimum atomic E-state index is 0.0378. The molecule has 0 fully saturated rings. The zero-order chi connectivity index (χ0) is 22.3. The van der Waals surface area contributed by atoms with Crippen molar-refractivity contribution in [1.29, 1.82) is 0 Å². The van der Waals surface area contributed by atoms with E-state index in [-0.39, 0.29) is 5.41 Å². The molecule has 3 aromatic carbocycles. The van der Waals surface area contributed by atoms with E-state index in [0.717, 1.165) is 47.7 Å². The number of anilines is 4. The van der Waals surface area contributed by atoms with E-state index in [1.165, 1.54) is 22.4 Å². The molecule has 32 heavy (non-hydrogen) atoms. The Bertz CT molecular complexity index is 1280. The highest BCUT2D eigenvalue weighted by atomic mass is 15.3. The summed E-state index contributed by atoms with van der Waals surface area (Å²) in [6.07, 6.45) is 1.86. The number of hydrogen-bond acceptors (Lipinski definition) is 4. The molecule has 0 bridgehead atoms. The Hall–Kier alpha value is -3.40. The summed E-state index contributed by atoms with van der Waals surface area (Å²) in [6.45, 7) is 9.84. The summed E-state index contributed by atoms with van der Waals surface area (Å²) < 4.78 is 0. The van der Waals surface area contributed by atoms with Gasteiger partial charge in [-0.1, -0.05) is 76.2 Å². The number of aryl methyl sites for hydroxylation is 2. The van der Waals surface area contributed by atoms with Crippen LogP contribution in [-0.4, -0.2) is 16.5 Å². The van der Waals surface area contributed by atoms with Crippen LogP contribution in [0.25, 0.3) is 11.0 Å². The van der Waals surface area contributed by atoms with Gasteiger partial charge in [-0.15, -0.1) is 0 Å². The maximum atomic E-state index is 5.30. The Labute approximate surface area is 190 Å². The van der Waals surface area contributed by atoms with Crippen LogP contribution in [0.4, 0.5) is 23.0 Å². The van der Waals surface area contributed by atoms with E-state index in [4.69, 9.17) is 9.97 Å². The Balaban J connectivity index is 1.76. The topological polar surface area (TPSA) is 41.1 Å². The lowest BCUT2D eigenvalue weighted by atomic mass is 9.87. The van der Waals surface area contributed by atoms with Crippen molar-refractivity contribution in [2.45, 2.75) is 46.0 Å². The number of aromatic nitrogens is 2. The molecule has 1 N–H and O–H groups in total. The Morgan fingerprint density at radius 3 is 2.12 bits per heavy atom. The van der Waals surface area contributed by atoms with Crippen molar-refractivity contribution in [1.82, 2.24) is 9.97 Å². The third-order valence-corrected chi connectivity index (χ3v) is 6.50. The van der Waals surface area contributed by atoms with E-state index in [2.05, 4.69) is 86.4 Å². The van der Waals surface area contributed by atoms with Crippen LogP contribution in [0, 0.1) is 0 Å². The fraction of sp³-hybridized carbons (Fsp3) is 0.286. The van der Waals surface area contributed by atoms with Gasteiger partial charge in [-0.05, 0) is 47.7 Å². The van der Waals surface area contributed by atoms with Crippen molar-refractivity contribution in [3.63, 3.8) is 0 Å². The van der Waals surface area contributed by atoms with Gasteiger partial charge >= 0.3 is 0 Å². The first kappa shape index (κ1) is 20.5. The van der Waals surface area contributed by atoms with E-state index in [9.17, 15) is 0 Å². The van der Waals surface area contributed by atoms with E-state index >= 15 is 0 Å². The molecule has 0 saturated carbocycles. The molecule has 162 valence electrons. The molecule has 4 heteroatoms. The number of nitrogens with zero attached hydrogens (tertiary/aromatic N) is 3. The number of nitrogens with one attached hydrogen (secondary N) is 1. The monoisotopic (exact) mass is 422 g/mol. The lowest BCUT2D eigenvalue weighted by molar-refractivity contribution is 0.568. The van der Waals surface area contributed by atoms with Gasteiger partial charge in [0.25, 0.3) is 0 Å². The highest BCUT2D eigenvalue weighted by Crippen LogP contribution is 2.46. The van der Waals surface area contributed by atoms with Crippen LogP contribution >= 0.6 is 0 Å². The largest absolute Gasteiger partial charge is 0.337 e. The molecule has 4 nitrogen and oxygen atoms in total. The number of fused-ring (bicyclic) bond motifs is 2. The lowest BCUT2D eigenvalue weighted by Gasteiger charge is -2.25. The molecule has 0 unspecified atom stereocenters. The average Bonchev–Trinajstić information content (AvgIpc) is 3.09. The molecule has 0 saturated heterocycles. The van der Waals surface area contributed by atoms with Gasteiger partial charge in [-0.25, -0.2) is 9.97 Å². The van der Waals surface area contributed by atoms with Crippen molar-refractivity contribution in [2.75, 3.05) is 16.8 Å². The van der Waals surface area contributed by atoms with Gasteiger partial charge in [0.15, 0.2) is 11.6 Å². The molecule has 0 spiro atoms. The summed E-state index contributed by atoms with van der Waals surface area (Å²) in [5.74, 6) is 1.70. The van der Waals surface area contributed by atoms with Crippen LogP contribution in [0.1, 0.15) is 44.4 Å². The molecule has 0 atom stereocenters. The average molecular weight is 423 g/mol.